The Morgan fingerprint density at radius 1 is 1.34 bits per heavy atom. The van der Waals surface area contributed by atoms with Crippen LogP contribution in [0.2, 0.25) is 0 Å². The first-order valence-electron chi connectivity index (χ1n) is 10.4. The highest BCUT2D eigenvalue weighted by Gasteiger charge is 2.25. The predicted octanol–water partition coefficient (Wildman–Crippen LogP) is 2.99. The Morgan fingerprint density at radius 2 is 2.14 bits per heavy atom. The van der Waals surface area contributed by atoms with Gasteiger partial charge in [-0.3, -0.25) is 4.68 Å². The van der Waals surface area contributed by atoms with Crippen LogP contribution in [0.15, 0.2) is 41.7 Å². The van der Waals surface area contributed by atoms with Crippen LogP contribution in [0.25, 0.3) is 0 Å². The third kappa shape index (κ3) is 6.22. The Kier molecular flexibility index (Phi) is 7.52. The van der Waals surface area contributed by atoms with E-state index in [1.54, 1.807) is 0 Å². The van der Waals surface area contributed by atoms with E-state index in [0.717, 1.165) is 49.1 Å². The molecule has 0 spiro atoms. The van der Waals surface area contributed by atoms with Crippen LogP contribution in [0.4, 0.5) is 0 Å². The molecule has 1 fully saturated rings. The summed E-state index contributed by atoms with van der Waals surface area (Å²) in [6.07, 6.45) is 3.90. The summed E-state index contributed by atoms with van der Waals surface area (Å²) >= 11 is 0. The Hall–Kier alpha value is -2.54. The summed E-state index contributed by atoms with van der Waals surface area (Å²) in [5.74, 6) is 2.35. The minimum atomic E-state index is 0.0127. The fourth-order valence-electron chi connectivity index (χ4n) is 3.20. The number of benzene rings is 1. The van der Waals surface area contributed by atoms with Crippen LogP contribution in [-0.2, 0) is 18.3 Å². The molecular formula is C22H33N5O2. The molecular weight excluding hydrogens is 366 g/mol. The highest BCUT2D eigenvalue weighted by Crippen LogP contribution is 2.22. The molecule has 7 heteroatoms. The topological polar surface area (TPSA) is 63.9 Å². The van der Waals surface area contributed by atoms with Crippen LogP contribution in [-0.4, -0.2) is 53.5 Å². The summed E-state index contributed by atoms with van der Waals surface area (Å²) in [6, 6.07) is 8.21. The monoisotopic (exact) mass is 399 g/mol. The third-order valence-electron chi connectivity index (χ3n) is 4.72. The number of guanidine groups is 1. The second kappa shape index (κ2) is 10.3. The van der Waals surface area contributed by atoms with Gasteiger partial charge in [0.25, 0.3) is 0 Å². The van der Waals surface area contributed by atoms with E-state index in [2.05, 4.69) is 48.2 Å². The fraction of sp³-hybridized carbons (Fsp3) is 0.545. The zero-order valence-electron chi connectivity index (χ0n) is 18.0. The average molecular weight is 400 g/mol. The number of hydrogen-bond acceptors (Lipinski definition) is 4. The molecule has 1 atom stereocenters. The first-order chi connectivity index (χ1) is 14.0. The maximum absolute atomic E-state index is 5.96. The molecule has 1 N–H and O–H groups in total. The van der Waals surface area contributed by atoms with Gasteiger partial charge in [0.15, 0.2) is 5.96 Å². The Balaban J connectivity index is 1.63. The van der Waals surface area contributed by atoms with Crippen LogP contribution in [0.3, 0.4) is 0 Å². The smallest absolute Gasteiger partial charge is 0.194 e. The number of aryl methyl sites for hydroxylation is 1. The summed E-state index contributed by atoms with van der Waals surface area (Å²) < 4.78 is 13.5. The summed E-state index contributed by atoms with van der Waals surface area (Å²) in [4.78, 5) is 7.13. The lowest BCUT2D eigenvalue weighted by molar-refractivity contribution is -0.00805. The molecule has 0 saturated carbocycles. The van der Waals surface area contributed by atoms with Gasteiger partial charge < -0.3 is 19.7 Å². The molecule has 1 aromatic carbocycles. The van der Waals surface area contributed by atoms with Crippen LogP contribution in [0, 0.1) is 5.92 Å². The van der Waals surface area contributed by atoms with E-state index in [-0.39, 0.29) is 6.10 Å². The molecule has 1 unspecified atom stereocenters. The van der Waals surface area contributed by atoms with Crippen molar-refractivity contribution in [2.45, 2.75) is 33.4 Å². The van der Waals surface area contributed by atoms with Crippen molar-refractivity contribution in [3.8, 4) is 5.75 Å². The molecule has 1 aromatic heterocycles. The molecule has 0 radical (unpaired) electrons. The number of nitrogens with zero attached hydrogens (tertiary/aromatic N) is 4. The Labute approximate surface area is 173 Å². The lowest BCUT2D eigenvalue weighted by Crippen LogP contribution is -2.48. The summed E-state index contributed by atoms with van der Waals surface area (Å²) in [5.41, 5.74) is 2.26. The molecule has 0 bridgehead atoms. The number of aliphatic imine (C=N–C) groups is 1. The van der Waals surface area contributed by atoms with Crippen molar-refractivity contribution in [3.63, 3.8) is 0 Å². The molecule has 1 saturated heterocycles. The molecule has 29 heavy (non-hydrogen) atoms. The standard InChI is InChI=1S/C22H33N5O2/c1-5-23-22(24-12-18-6-8-20(9-7-18)29-16-17(2)3)27-10-11-28-21(15-27)19-13-25-26(4)14-19/h6-9,13-14,17,21H,5,10-12,15-16H2,1-4H3,(H,23,24). The van der Waals surface area contributed by atoms with Gasteiger partial charge >= 0.3 is 0 Å². The SMILES string of the molecule is CCNC(=NCc1ccc(OCC(C)C)cc1)N1CCOC(c2cnn(C)c2)C1. The van der Waals surface area contributed by atoms with Crippen molar-refractivity contribution in [2.24, 2.45) is 18.0 Å². The summed E-state index contributed by atoms with van der Waals surface area (Å²) in [7, 11) is 1.93. The zero-order chi connectivity index (χ0) is 20.6. The molecule has 3 rings (SSSR count). The number of hydrogen-bond donors (Lipinski definition) is 1. The second-order valence-electron chi connectivity index (χ2n) is 7.77. The first kappa shape index (κ1) is 21.2. The highest BCUT2D eigenvalue weighted by atomic mass is 16.5. The van der Waals surface area contributed by atoms with E-state index < -0.39 is 0 Å². The average Bonchev–Trinajstić information content (AvgIpc) is 3.17. The summed E-state index contributed by atoms with van der Waals surface area (Å²) in [6.45, 7) is 10.8. The minimum Gasteiger partial charge on any atom is -0.493 e. The van der Waals surface area contributed by atoms with Crippen molar-refractivity contribution in [1.82, 2.24) is 20.0 Å². The molecule has 158 valence electrons. The molecule has 2 aromatic rings. The van der Waals surface area contributed by atoms with Gasteiger partial charge in [-0.1, -0.05) is 26.0 Å². The largest absolute Gasteiger partial charge is 0.493 e. The number of rotatable bonds is 7. The van der Waals surface area contributed by atoms with Crippen molar-refractivity contribution in [1.29, 1.82) is 0 Å². The molecule has 0 amide bonds. The van der Waals surface area contributed by atoms with Gasteiger partial charge in [-0.15, -0.1) is 0 Å². The number of aromatic nitrogens is 2. The third-order valence-corrected chi connectivity index (χ3v) is 4.72. The van der Waals surface area contributed by atoms with Crippen LogP contribution >= 0.6 is 0 Å². The Morgan fingerprint density at radius 3 is 2.79 bits per heavy atom. The van der Waals surface area contributed by atoms with Crippen LogP contribution in [0.5, 0.6) is 5.75 Å². The van der Waals surface area contributed by atoms with Gasteiger partial charge in [-0.05, 0) is 30.5 Å². The fourth-order valence-corrected chi connectivity index (χ4v) is 3.20. The first-order valence-corrected chi connectivity index (χ1v) is 10.4. The maximum atomic E-state index is 5.96. The van der Waals surface area contributed by atoms with Crippen molar-refractivity contribution < 1.29 is 9.47 Å². The van der Waals surface area contributed by atoms with Crippen molar-refractivity contribution >= 4 is 5.96 Å². The maximum Gasteiger partial charge on any atom is 0.194 e. The lowest BCUT2D eigenvalue weighted by Gasteiger charge is -2.34. The van der Waals surface area contributed by atoms with Gasteiger partial charge in [-0.2, -0.15) is 5.10 Å². The number of nitrogens with one attached hydrogen (secondary N) is 1. The van der Waals surface area contributed by atoms with E-state index >= 15 is 0 Å². The normalized spacial score (nSPS) is 17.6. The molecule has 1 aliphatic heterocycles. The predicted molar refractivity (Wildman–Crippen MR) is 115 cm³/mol. The lowest BCUT2D eigenvalue weighted by atomic mass is 10.1. The summed E-state index contributed by atoms with van der Waals surface area (Å²) in [5, 5.41) is 7.68. The molecule has 7 nitrogen and oxygen atoms in total. The van der Waals surface area contributed by atoms with Gasteiger partial charge in [0.05, 0.1) is 32.5 Å². The molecule has 2 heterocycles. The van der Waals surface area contributed by atoms with E-state index in [0.29, 0.717) is 19.1 Å². The van der Waals surface area contributed by atoms with Crippen molar-refractivity contribution in [3.05, 3.63) is 47.8 Å². The minimum absolute atomic E-state index is 0.0127. The Bertz CT molecular complexity index is 785. The van der Waals surface area contributed by atoms with E-state index in [9.17, 15) is 0 Å². The van der Waals surface area contributed by atoms with Gasteiger partial charge in [-0.25, -0.2) is 4.99 Å². The van der Waals surface area contributed by atoms with Gasteiger partial charge in [0.1, 0.15) is 11.9 Å². The van der Waals surface area contributed by atoms with Gasteiger partial charge in [0, 0.05) is 31.9 Å². The number of ether oxygens (including phenoxy) is 2. The van der Waals surface area contributed by atoms with E-state index in [4.69, 9.17) is 14.5 Å². The van der Waals surface area contributed by atoms with Crippen molar-refractivity contribution in [2.75, 3.05) is 32.8 Å². The number of morpholine rings is 1. The van der Waals surface area contributed by atoms with Crippen LogP contribution < -0.4 is 10.1 Å². The molecule has 1 aliphatic rings. The van der Waals surface area contributed by atoms with Crippen LogP contribution in [0.1, 0.15) is 38.0 Å². The molecule has 0 aliphatic carbocycles. The van der Waals surface area contributed by atoms with E-state index in [1.807, 2.05) is 36.3 Å². The zero-order valence-corrected chi connectivity index (χ0v) is 18.0. The van der Waals surface area contributed by atoms with E-state index in [1.165, 1.54) is 0 Å². The quantitative estimate of drug-likeness (QED) is 0.573. The van der Waals surface area contributed by atoms with Gasteiger partial charge in [0.2, 0.25) is 0 Å². The second-order valence-corrected chi connectivity index (χ2v) is 7.77. The highest BCUT2D eigenvalue weighted by molar-refractivity contribution is 5.80.